The summed E-state index contributed by atoms with van der Waals surface area (Å²) in [6.07, 6.45) is 1.16. The molecule has 1 atom stereocenters. The number of anilines is 1. The molecule has 0 aliphatic heterocycles. The summed E-state index contributed by atoms with van der Waals surface area (Å²) in [7, 11) is 3.86. The summed E-state index contributed by atoms with van der Waals surface area (Å²) in [5.74, 6) is 0.911. The lowest BCUT2D eigenvalue weighted by atomic mass is 9.86. The van der Waals surface area contributed by atoms with Crippen LogP contribution in [0.2, 0.25) is 0 Å². The van der Waals surface area contributed by atoms with E-state index < -0.39 is 0 Å². The van der Waals surface area contributed by atoms with Crippen LogP contribution >= 0.6 is 0 Å². The largest absolute Gasteiger partial charge is 0.497 e. The average Bonchev–Trinajstić information content (AvgIpc) is 2.45. The normalized spacial score (nSPS) is 13.9. The highest BCUT2D eigenvalue weighted by atomic mass is 16.5. The van der Waals surface area contributed by atoms with E-state index in [4.69, 9.17) is 4.74 Å². The van der Waals surface area contributed by atoms with Crippen molar-refractivity contribution in [3.8, 4) is 5.75 Å². The number of nitrogens with zero attached hydrogens (tertiary/aromatic N) is 1. The van der Waals surface area contributed by atoms with Gasteiger partial charge in [-0.15, -0.1) is 0 Å². The molecule has 0 radical (unpaired) electrons. The minimum Gasteiger partial charge on any atom is -0.497 e. The van der Waals surface area contributed by atoms with E-state index in [1.807, 2.05) is 12.1 Å². The van der Waals surface area contributed by atoms with Gasteiger partial charge in [0.25, 0.3) is 0 Å². The van der Waals surface area contributed by atoms with E-state index in [1.54, 1.807) is 7.11 Å². The number of hydrogen-bond acceptors (Lipinski definition) is 3. The molecule has 19 heavy (non-hydrogen) atoms. The first kappa shape index (κ1) is 15.8. The Morgan fingerprint density at radius 1 is 1.32 bits per heavy atom. The lowest BCUT2D eigenvalue weighted by Crippen LogP contribution is -2.40. The molecule has 0 heterocycles. The molecule has 0 amide bonds. The molecule has 1 N–H and O–H groups in total. The van der Waals surface area contributed by atoms with Crippen LogP contribution in [0.1, 0.15) is 27.2 Å². The molecular formula is C16H28N2O. The van der Waals surface area contributed by atoms with Gasteiger partial charge in [0.2, 0.25) is 0 Å². The summed E-state index contributed by atoms with van der Waals surface area (Å²) in [5, 5.41) is 3.47. The lowest BCUT2D eigenvalue weighted by Gasteiger charge is -2.34. The molecule has 1 unspecified atom stereocenters. The van der Waals surface area contributed by atoms with E-state index in [2.05, 4.69) is 50.2 Å². The van der Waals surface area contributed by atoms with Gasteiger partial charge < -0.3 is 15.0 Å². The molecule has 3 heteroatoms. The first-order chi connectivity index (χ1) is 9.04. The van der Waals surface area contributed by atoms with Gasteiger partial charge in [0, 0.05) is 31.9 Å². The summed E-state index contributed by atoms with van der Waals surface area (Å²) in [6, 6.07) is 8.24. The SMILES string of the molecule is CCNCC(C)(CC)CN(C)c1cccc(OC)c1. The number of ether oxygens (including phenoxy) is 1. The molecular weight excluding hydrogens is 236 g/mol. The van der Waals surface area contributed by atoms with Crippen molar-refractivity contribution in [2.45, 2.75) is 27.2 Å². The molecule has 0 bridgehead atoms. The highest BCUT2D eigenvalue weighted by Gasteiger charge is 2.23. The molecule has 0 aromatic heterocycles. The van der Waals surface area contributed by atoms with Crippen molar-refractivity contribution in [3.05, 3.63) is 24.3 Å². The second kappa shape index (κ2) is 7.39. The zero-order valence-electron chi connectivity index (χ0n) is 13.0. The first-order valence-electron chi connectivity index (χ1n) is 7.10. The van der Waals surface area contributed by atoms with E-state index in [0.717, 1.165) is 31.8 Å². The van der Waals surface area contributed by atoms with Gasteiger partial charge in [-0.2, -0.15) is 0 Å². The molecule has 0 saturated heterocycles. The predicted molar refractivity (Wildman–Crippen MR) is 83.2 cm³/mol. The fraction of sp³-hybridized carbons (Fsp3) is 0.625. The number of hydrogen-bond donors (Lipinski definition) is 1. The lowest BCUT2D eigenvalue weighted by molar-refractivity contribution is 0.302. The van der Waals surface area contributed by atoms with Crippen molar-refractivity contribution in [2.75, 3.05) is 38.7 Å². The second-order valence-corrected chi connectivity index (χ2v) is 5.50. The van der Waals surface area contributed by atoms with Crippen LogP contribution in [0, 0.1) is 5.41 Å². The third-order valence-electron chi connectivity index (χ3n) is 3.77. The Bertz CT molecular complexity index is 381. The Kier molecular flexibility index (Phi) is 6.16. The number of rotatable bonds is 8. The third-order valence-corrected chi connectivity index (χ3v) is 3.77. The number of methoxy groups -OCH3 is 1. The molecule has 1 rings (SSSR count). The summed E-state index contributed by atoms with van der Waals surface area (Å²) in [4.78, 5) is 2.31. The van der Waals surface area contributed by atoms with Crippen LogP contribution in [0.25, 0.3) is 0 Å². The van der Waals surface area contributed by atoms with Crippen LogP contribution in [-0.4, -0.2) is 33.8 Å². The van der Waals surface area contributed by atoms with Crippen LogP contribution in [0.15, 0.2) is 24.3 Å². The zero-order valence-corrected chi connectivity index (χ0v) is 13.0. The monoisotopic (exact) mass is 264 g/mol. The molecule has 1 aromatic carbocycles. The fourth-order valence-electron chi connectivity index (χ4n) is 2.23. The average molecular weight is 264 g/mol. The van der Waals surface area contributed by atoms with Gasteiger partial charge in [-0.1, -0.05) is 26.8 Å². The van der Waals surface area contributed by atoms with Crippen LogP contribution < -0.4 is 15.0 Å². The van der Waals surface area contributed by atoms with Crippen LogP contribution in [0.3, 0.4) is 0 Å². The molecule has 0 fully saturated rings. The quantitative estimate of drug-likeness (QED) is 0.780. The van der Waals surface area contributed by atoms with Crippen molar-refractivity contribution in [1.82, 2.24) is 5.32 Å². The van der Waals surface area contributed by atoms with Gasteiger partial charge >= 0.3 is 0 Å². The molecule has 0 aliphatic rings. The van der Waals surface area contributed by atoms with Crippen LogP contribution in [0.4, 0.5) is 5.69 Å². The third kappa shape index (κ3) is 4.75. The maximum Gasteiger partial charge on any atom is 0.120 e. The van der Waals surface area contributed by atoms with Crippen molar-refractivity contribution < 1.29 is 4.74 Å². The summed E-state index contributed by atoms with van der Waals surface area (Å²) in [6.45, 7) is 9.86. The minimum absolute atomic E-state index is 0.286. The van der Waals surface area contributed by atoms with Crippen molar-refractivity contribution >= 4 is 5.69 Å². The smallest absolute Gasteiger partial charge is 0.120 e. The molecule has 108 valence electrons. The minimum atomic E-state index is 0.286. The van der Waals surface area contributed by atoms with E-state index >= 15 is 0 Å². The summed E-state index contributed by atoms with van der Waals surface area (Å²) >= 11 is 0. The van der Waals surface area contributed by atoms with Crippen molar-refractivity contribution in [2.24, 2.45) is 5.41 Å². The Hall–Kier alpha value is -1.22. The van der Waals surface area contributed by atoms with Gasteiger partial charge in [0.1, 0.15) is 5.75 Å². The Balaban J connectivity index is 2.72. The predicted octanol–water partition coefficient (Wildman–Crippen LogP) is 3.16. The van der Waals surface area contributed by atoms with Gasteiger partial charge in [-0.25, -0.2) is 0 Å². The topological polar surface area (TPSA) is 24.5 Å². The molecule has 0 spiro atoms. The molecule has 0 aliphatic carbocycles. The van der Waals surface area contributed by atoms with Crippen LogP contribution in [0.5, 0.6) is 5.75 Å². The van der Waals surface area contributed by atoms with Gasteiger partial charge in [0.15, 0.2) is 0 Å². The Labute approximate surface area is 118 Å². The zero-order chi connectivity index (χ0) is 14.3. The van der Waals surface area contributed by atoms with Gasteiger partial charge in [-0.3, -0.25) is 0 Å². The second-order valence-electron chi connectivity index (χ2n) is 5.50. The molecule has 3 nitrogen and oxygen atoms in total. The number of benzene rings is 1. The first-order valence-corrected chi connectivity index (χ1v) is 7.10. The summed E-state index contributed by atoms with van der Waals surface area (Å²) in [5.41, 5.74) is 1.49. The van der Waals surface area contributed by atoms with E-state index in [9.17, 15) is 0 Å². The molecule has 0 saturated carbocycles. The maximum atomic E-state index is 5.29. The highest BCUT2D eigenvalue weighted by Crippen LogP contribution is 2.26. The number of nitrogens with one attached hydrogen (secondary N) is 1. The van der Waals surface area contributed by atoms with Crippen LogP contribution in [-0.2, 0) is 0 Å². The highest BCUT2D eigenvalue weighted by molar-refractivity contribution is 5.50. The van der Waals surface area contributed by atoms with E-state index in [0.29, 0.717) is 0 Å². The van der Waals surface area contributed by atoms with Gasteiger partial charge in [0.05, 0.1) is 7.11 Å². The fourth-order valence-corrected chi connectivity index (χ4v) is 2.23. The van der Waals surface area contributed by atoms with Crippen molar-refractivity contribution in [3.63, 3.8) is 0 Å². The maximum absolute atomic E-state index is 5.29. The van der Waals surface area contributed by atoms with E-state index in [-0.39, 0.29) is 5.41 Å². The Morgan fingerprint density at radius 3 is 2.63 bits per heavy atom. The Morgan fingerprint density at radius 2 is 2.05 bits per heavy atom. The molecule has 1 aromatic rings. The van der Waals surface area contributed by atoms with Gasteiger partial charge in [-0.05, 0) is 30.5 Å². The van der Waals surface area contributed by atoms with Crippen molar-refractivity contribution in [1.29, 1.82) is 0 Å². The summed E-state index contributed by atoms with van der Waals surface area (Å²) < 4.78 is 5.29. The standard InChI is InChI=1S/C16H28N2O/c1-6-16(3,12-17-7-2)13-18(4)14-9-8-10-15(11-14)19-5/h8-11,17H,6-7,12-13H2,1-5H3. The van der Waals surface area contributed by atoms with E-state index in [1.165, 1.54) is 5.69 Å².